The van der Waals surface area contributed by atoms with Crippen molar-refractivity contribution in [3.8, 4) is 0 Å². The largest absolute Gasteiger partial charge is 0.389 e. The Morgan fingerprint density at radius 1 is 1.26 bits per heavy atom. The summed E-state index contributed by atoms with van der Waals surface area (Å²) in [6, 6.07) is 7.41. The van der Waals surface area contributed by atoms with Crippen LogP contribution in [0.5, 0.6) is 0 Å². The van der Waals surface area contributed by atoms with E-state index in [2.05, 4.69) is 15.6 Å². The van der Waals surface area contributed by atoms with Crippen LogP contribution in [0, 0.1) is 0 Å². The molecule has 0 amide bonds. The minimum atomic E-state index is -4.08. The molecule has 23 heavy (non-hydrogen) atoms. The Balaban J connectivity index is 0.00000484. The molecule has 1 atom stereocenters. The van der Waals surface area contributed by atoms with E-state index >= 15 is 0 Å². The first kappa shape index (κ1) is 22.3. The SMILES string of the molecule is CN=C(NCCCCC(F)(F)F)NC(C)c1ccccc1Cl.I. The number of unbranched alkanes of at least 4 members (excludes halogenated alkanes) is 1. The Hall–Kier alpha value is -0.700. The van der Waals surface area contributed by atoms with Crippen molar-refractivity contribution in [2.75, 3.05) is 13.6 Å². The second kappa shape index (κ2) is 11.0. The highest BCUT2D eigenvalue weighted by atomic mass is 127. The molecule has 0 aromatic heterocycles. The van der Waals surface area contributed by atoms with Gasteiger partial charge in [-0.1, -0.05) is 29.8 Å². The van der Waals surface area contributed by atoms with E-state index < -0.39 is 12.6 Å². The van der Waals surface area contributed by atoms with Gasteiger partial charge in [-0.15, -0.1) is 24.0 Å². The summed E-state index contributed by atoms with van der Waals surface area (Å²) in [5.74, 6) is 0.541. The van der Waals surface area contributed by atoms with E-state index in [9.17, 15) is 13.2 Å². The minimum absolute atomic E-state index is 0. The third-order valence-electron chi connectivity index (χ3n) is 3.13. The number of nitrogens with one attached hydrogen (secondary N) is 2. The van der Waals surface area contributed by atoms with Crippen LogP contribution in [0.15, 0.2) is 29.3 Å². The molecule has 0 heterocycles. The molecule has 0 saturated carbocycles. The van der Waals surface area contributed by atoms with Crippen LogP contribution < -0.4 is 10.6 Å². The van der Waals surface area contributed by atoms with Gasteiger partial charge in [0.15, 0.2) is 5.96 Å². The molecule has 0 fully saturated rings. The summed E-state index contributed by atoms with van der Waals surface area (Å²) in [5, 5.41) is 6.82. The minimum Gasteiger partial charge on any atom is -0.356 e. The third kappa shape index (κ3) is 9.24. The van der Waals surface area contributed by atoms with Gasteiger partial charge in [0.25, 0.3) is 0 Å². The number of guanidine groups is 1. The quantitative estimate of drug-likeness (QED) is 0.272. The predicted octanol–water partition coefficient (Wildman–Crippen LogP) is 4.92. The molecular weight excluding hydrogens is 442 g/mol. The topological polar surface area (TPSA) is 36.4 Å². The number of benzene rings is 1. The number of nitrogens with zero attached hydrogens (tertiary/aromatic N) is 1. The first-order valence-corrected chi connectivity index (χ1v) is 7.49. The average Bonchev–Trinajstić information content (AvgIpc) is 2.44. The maximum atomic E-state index is 12.0. The highest BCUT2D eigenvalue weighted by Gasteiger charge is 2.25. The lowest BCUT2D eigenvalue weighted by Gasteiger charge is -2.19. The highest BCUT2D eigenvalue weighted by Crippen LogP contribution is 2.22. The summed E-state index contributed by atoms with van der Waals surface area (Å²) in [7, 11) is 1.62. The number of halogens is 5. The van der Waals surface area contributed by atoms with E-state index in [1.807, 2.05) is 31.2 Å². The van der Waals surface area contributed by atoms with Crippen molar-refractivity contribution >= 4 is 41.5 Å². The lowest BCUT2D eigenvalue weighted by Crippen LogP contribution is -2.39. The number of aliphatic imine (C=N–C) groups is 1. The Labute approximate surface area is 157 Å². The van der Waals surface area contributed by atoms with Gasteiger partial charge >= 0.3 is 6.18 Å². The molecule has 1 aromatic rings. The van der Waals surface area contributed by atoms with Crippen LogP contribution in [0.25, 0.3) is 0 Å². The lowest BCUT2D eigenvalue weighted by atomic mass is 10.1. The molecule has 0 spiro atoms. The van der Waals surface area contributed by atoms with Gasteiger partial charge in [0, 0.05) is 25.0 Å². The summed E-state index contributed by atoms with van der Waals surface area (Å²) < 4.78 is 36.1. The standard InChI is InChI=1S/C15H21ClF3N3.HI/c1-11(12-7-3-4-8-13(12)16)22-14(20-2)21-10-6-5-9-15(17,18)19;/h3-4,7-8,11H,5-6,9-10H2,1-2H3,(H2,20,21,22);1H. The van der Waals surface area contributed by atoms with E-state index in [0.717, 1.165) is 5.56 Å². The maximum Gasteiger partial charge on any atom is 0.389 e. The molecule has 1 unspecified atom stereocenters. The molecule has 0 radical (unpaired) electrons. The van der Waals surface area contributed by atoms with Crippen molar-refractivity contribution in [3.63, 3.8) is 0 Å². The third-order valence-corrected chi connectivity index (χ3v) is 3.47. The second-order valence-electron chi connectivity index (χ2n) is 4.96. The van der Waals surface area contributed by atoms with Gasteiger partial charge in [0.2, 0.25) is 0 Å². The summed E-state index contributed by atoms with van der Waals surface area (Å²) in [6.07, 6.45) is -4.30. The summed E-state index contributed by atoms with van der Waals surface area (Å²) >= 11 is 6.13. The van der Waals surface area contributed by atoms with Crippen LogP contribution in [-0.4, -0.2) is 25.7 Å². The van der Waals surface area contributed by atoms with Crippen molar-refractivity contribution in [1.29, 1.82) is 0 Å². The first-order valence-electron chi connectivity index (χ1n) is 7.12. The molecule has 132 valence electrons. The fourth-order valence-electron chi connectivity index (χ4n) is 1.96. The van der Waals surface area contributed by atoms with Crippen molar-refractivity contribution in [3.05, 3.63) is 34.9 Å². The van der Waals surface area contributed by atoms with Crippen LogP contribution >= 0.6 is 35.6 Å². The number of hydrogen-bond donors (Lipinski definition) is 2. The molecular formula is C15H22ClF3IN3. The number of alkyl halides is 3. The summed E-state index contributed by atoms with van der Waals surface area (Å²) in [6.45, 7) is 2.38. The molecule has 8 heteroatoms. The molecule has 1 aromatic carbocycles. The van der Waals surface area contributed by atoms with E-state index in [1.165, 1.54) is 0 Å². The molecule has 0 aliphatic carbocycles. The van der Waals surface area contributed by atoms with Gasteiger partial charge in [-0.3, -0.25) is 4.99 Å². The zero-order valence-corrected chi connectivity index (χ0v) is 16.2. The van der Waals surface area contributed by atoms with Gasteiger partial charge in [-0.25, -0.2) is 0 Å². The fourth-order valence-corrected chi connectivity index (χ4v) is 2.26. The van der Waals surface area contributed by atoms with Gasteiger partial charge in [0.05, 0.1) is 6.04 Å². The fraction of sp³-hybridized carbons (Fsp3) is 0.533. The molecule has 2 N–H and O–H groups in total. The van der Waals surface area contributed by atoms with Crippen molar-refractivity contribution < 1.29 is 13.2 Å². The van der Waals surface area contributed by atoms with Crippen LogP contribution in [0.3, 0.4) is 0 Å². The maximum absolute atomic E-state index is 12.0. The normalized spacial score (nSPS) is 13.2. The molecule has 1 rings (SSSR count). The molecule has 0 bridgehead atoms. The molecule has 0 aliphatic heterocycles. The Bertz CT molecular complexity index is 495. The van der Waals surface area contributed by atoms with Crippen LogP contribution in [0.4, 0.5) is 13.2 Å². The predicted molar refractivity (Wildman–Crippen MR) is 99.7 cm³/mol. The van der Waals surface area contributed by atoms with Crippen molar-refractivity contribution in [2.24, 2.45) is 4.99 Å². The van der Waals surface area contributed by atoms with Gasteiger partial charge in [-0.2, -0.15) is 13.2 Å². The molecule has 3 nitrogen and oxygen atoms in total. The van der Waals surface area contributed by atoms with Crippen LogP contribution in [0.2, 0.25) is 5.02 Å². The lowest BCUT2D eigenvalue weighted by molar-refractivity contribution is -0.135. The van der Waals surface area contributed by atoms with E-state index in [-0.39, 0.29) is 36.4 Å². The first-order chi connectivity index (χ1) is 10.3. The smallest absolute Gasteiger partial charge is 0.356 e. The second-order valence-corrected chi connectivity index (χ2v) is 5.37. The van der Waals surface area contributed by atoms with E-state index in [1.54, 1.807) is 7.05 Å². The van der Waals surface area contributed by atoms with Crippen LogP contribution in [0.1, 0.15) is 37.8 Å². The molecule has 0 saturated heterocycles. The Morgan fingerprint density at radius 2 is 1.91 bits per heavy atom. The van der Waals surface area contributed by atoms with E-state index in [0.29, 0.717) is 23.9 Å². The highest BCUT2D eigenvalue weighted by molar-refractivity contribution is 14.0. The van der Waals surface area contributed by atoms with Gasteiger partial charge in [0.1, 0.15) is 0 Å². The monoisotopic (exact) mass is 463 g/mol. The summed E-state index contributed by atoms with van der Waals surface area (Å²) in [4.78, 5) is 4.06. The summed E-state index contributed by atoms with van der Waals surface area (Å²) in [5.41, 5.74) is 0.934. The average molecular weight is 464 g/mol. The number of rotatable bonds is 6. The Morgan fingerprint density at radius 3 is 2.48 bits per heavy atom. The van der Waals surface area contributed by atoms with Crippen molar-refractivity contribution in [2.45, 2.75) is 38.4 Å². The number of hydrogen-bond acceptors (Lipinski definition) is 1. The zero-order chi connectivity index (χ0) is 16.6. The van der Waals surface area contributed by atoms with E-state index in [4.69, 9.17) is 11.6 Å². The molecule has 0 aliphatic rings. The van der Waals surface area contributed by atoms with Crippen molar-refractivity contribution in [1.82, 2.24) is 10.6 Å². The van der Waals surface area contributed by atoms with Gasteiger partial charge in [-0.05, 0) is 31.4 Å². The Kier molecular flexibility index (Phi) is 10.6. The zero-order valence-electron chi connectivity index (χ0n) is 13.1. The van der Waals surface area contributed by atoms with Crippen LogP contribution in [-0.2, 0) is 0 Å². The van der Waals surface area contributed by atoms with Gasteiger partial charge < -0.3 is 10.6 Å².